The predicted octanol–water partition coefficient (Wildman–Crippen LogP) is 3.68. The summed E-state index contributed by atoms with van der Waals surface area (Å²) in [6, 6.07) is 6.81. The zero-order valence-corrected chi connectivity index (χ0v) is 12.4. The van der Waals surface area contributed by atoms with Gasteiger partial charge in [0.1, 0.15) is 0 Å². The van der Waals surface area contributed by atoms with Crippen molar-refractivity contribution in [3.8, 4) is 0 Å². The summed E-state index contributed by atoms with van der Waals surface area (Å²) in [5.74, 6) is -0.164. The minimum Gasteiger partial charge on any atom is -0.398 e. The average Bonchev–Trinajstić information content (AvgIpc) is 2.75. The van der Waals surface area contributed by atoms with E-state index in [9.17, 15) is 4.79 Å². The molecule has 0 unspecified atom stereocenters. The highest BCUT2D eigenvalue weighted by molar-refractivity contribution is 9.10. The van der Waals surface area contributed by atoms with Gasteiger partial charge in [-0.1, -0.05) is 11.6 Å². The van der Waals surface area contributed by atoms with Crippen molar-refractivity contribution in [2.24, 2.45) is 0 Å². The first-order valence-electron chi connectivity index (χ1n) is 5.12. The van der Waals surface area contributed by atoms with Crippen molar-refractivity contribution in [3.05, 3.63) is 49.6 Å². The molecule has 2 aromatic rings. The van der Waals surface area contributed by atoms with Crippen molar-refractivity contribution < 1.29 is 4.79 Å². The minimum atomic E-state index is -0.164. The van der Waals surface area contributed by atoms with Crippen LogP contribution in [-0.4, -0.2) is 5.91 Å². The number of carbonyl (C=O) groups excluding carboxylic acids is 1. The molecule has 0 atom stereocenters. The number of nitrogen functional groups attached to an aromatic ring is 1. The third-order valence-electron chi connectivity index (χ3n) is 2.30. The summed E-state index contributed by atoms with van der Waals surface area (Å²) in [4.78, 5) is 13.0. The lowest BCUT2D eigenvalue weighted by Crippen LogP contribution is -2.22. The number of thiophene rings is 1. The Morgan fingerprint density at radius 3 is 2.83 bits per heavy atom. The van der Waals surface area contributed by atoms with Crippen LogP contribution in [0.15, 0.2) is 34.1 Å². The first-order chi connectivity index (χ1) is 8.56. The summed E-state index contributed by atoms with van der Waals surface area (Å²) in [6.45, 7) is 0.498. The van der Waals surface area contributed by atoms with Crippen molar-refractivity contribution in [2.75, 3.05) is 5.73 Å². The van der Waals surface area contributed by atoms with Crippen molar-refractivity contribution in [2.45, 2.75) is 6.54 Å². The molecule has 0 aliphatic carbocycles. The van der Waals surface area contributed by atoms with Crippen LogP contribution in [0, 0.1) is 0 Å². The Labute approximate surface area is 122 Å². The molecule has 3 N–H and O–H groups in total. The fourth-order valence-electron chi connectivity index (χ4n) is 1.40. The van der Waals surface area contributed by atoms with Gasteiger partial charge in [-0.15, -0.1) is 11.3 Å². The van der Waals surface area contributed by atoms with Crippen LogP contribution in [-0.2, 0) is 6.54 Å². The zero-order valence-electron chi connectivity index (χ0n) is 9.24. The van der Waals surface area contributed by atoms with Gasteiger partial charge in [-0.05, 0) is 40.2 Å². The second-order valence-electron chi connectivity index (χ2n) is 3.65. The molecule has 2 rings (SSSR count). The van der Waals surface area contributed by atoms with Crippen LogP contribution in [0.3, 0.4) is 0 Å². The maximum Gasteiger partial charge on any atom is 0.251 e. The van der Waals surface area contributed by atoms with Gasteiger partial charge >= 0.3 is 0 Å². The number of hydrogen-bond donors (Lipinski definition) is 2. The smallest absolute Gasteiger partial charge is 0.251 e. The monoisotopic (exact) mass is 344 g/mol. The predicted molar refractivity (Wildman–Crippen MR) is 79.1 cm³/mol. The molecule has 1 heterocycles. The topological polar surface area (TPSA) is 55.1 Å². The van der Waals surface area contributed by atoms with E-state index in [0.29, 0.717) is 22.8 Å². The quantitative estimate of drug-likeness (QED) is 0.834. The fraction of sp³-hybridized carbons (Fsp3) is 0.0833. The largest absolute Gasteiger partial charge is 0.398 e. The number of benzene rings is 1. The SMILES string of the molecule is Nc1cc(C(=O)NCc2cc(Br)cs2)ccc1Cl. The van der Waals surface area contributed by atoms with E-state index in [0.717, 1.165) is 9.35 Å². The van der Waals surface area contributed by atoms with E-state index >= 15 is 0 Å². The average molecular weight is 346 g/mol. The van der Waals surface area contributed by atoms with Crippen LogP contribution in [0.5, 0.6) is 0 Å². The molecule has 0 fully saturated rings. The number of nitrogens with one attached hydrogen (secondary N) is 1. The summed E-state index contributed by atoms with van der Waals surface area (Å²) in [5, 5.41) is 5.25. The van der Waals surface area contributed by atoms with Gasteiger partial charge in [0.15, 0.2) is 0 Å². The molecule has 0 saturated heterocycles. The second-order valence-corrected chi connectivity index (χ2v) is 5.97. The molecule has 6 heteroatoms. The van der Waals surface area contributed by atoms with E-state index in [1.807, 2.05) is 11.4 Å². The number of anilines is 1. The molecule has 0 bridgehead atoms. The molecule has 0 aliphatic rings. The fourth-order valence-corrected chi connectivity index (χ4v) is 2.91. The van der Waals surface area contributed by atoms with Crippen LogP contribution in [0.2, 0.25) is 5.02 Å². The van der Waals surface area contributed by atoms with E-state index < -0.39 is 0 Å². The maximum atomic E-state index is 11.9. The van der Waals surface area contributed by atoms with Gasteiger partial charge in [0.2, 0.25) is 0 Å². The Kier molecular flexibility index (Phi) is 4.27. The summed E-state index contributed by atoms with van der Waals surface area (Å²) in [6.07, 6.45) is 0. The van der Waals surface area contributed by atoms with Crippen LogP contribution in [0.1, 0.15) is 15.2 Å². The molecule has 94 valence electrons. The van der Waals surface area contributed by atoms with Gasteiger partial charge < -0.3 is 11.1 Å². The number of carbonyl (C=O) groups is 1. The second kappa shape index (κ2) is 5.73. The Hall–Kier alpha value is -1.04. The molecule has 0 aliphatic heterocycles. The van der Waals surface area contributed by atoms with Crippen LogP contribution >= 0.6 is 38.9 Å². The number of nitrogens with two attached hydrogens (primary N) is 1. The molecule has 0 saturated carbocycles. The van der Waals surface area contributed by atoms with E-state index in [4.69, 9.17) is 17.3 Å². The molecule has 0 radical (unpaired) electrons. The number of halogens is 2. The Morgan fingerprint density at radius 2 is 2.22 bits per heavy atom. The maximum absolute atomic E-state index is 11.9. The highest BCUT2D eigenvalue weighted by atomic mass is 79.9. The van der Waals surface area contributed by atoms with Crippen molar-refractivity contribution in [1.82, 2.24) is 5.32 Å². The van der Waals surface area contributed by atoms with Crippen molar-refractivity contribution >= 4 is 50.5 Å². The lowest BCUT2D eigenvalue weighted by molar-refractivity contribution is 0.0951. The Bertz CT molecular complexity index is 585. The first kappa shape index (κ1) is 13.4. The summed E-state index contributed by atoms with van der Waals surface area (Å²) >= 11 is 10.8. The normalized spacial score (nSPS) is 10.3. The molecule has 18 heavy (non-hydrogen) atoms. The summed E-state index contributed by atoms with van der Waals surface area (Å²) < 4.78 is 1.02. The van der Waals surface area contributed by atoms with E-state index in [2.05, 4.69) is 21.2 Å². The van der Waals surface area contributed by atoms with Crippen LogP contribution in [0.4, 0.5) is 5.69 Å². The lowest BCUT2D eigenvalue weighted by Gasteiger charge is -2.05. The van der Waals surface area contributed by atoms with Gasteiger partial charge in [-0.3, -0.25) is 4.79 Å². The van der Waals surface area contributed by atoms with E-state index in [1.54, 1.807) is 29.5 Å². The minimum absolute atomic E-state index is 0.164. The van der Waals surface area contributed by atoms with E-state index in [1.165, 1.54) is 0 Å². The van der Waals surface area contributed by atoms with Gasteiger partial charge in [0.25, 0.3) is 5.91 Å². The Balaban J connectivity index is 2.01. The van der Waals surface area contributed by atoms with Crippen molar-refractivity contribution in [1.29, 1.82) is 0 Å². The van der Waals surface area contributed by atoms with Crippen LogP contribution < -0.4 is 11.1 Å². The molecule has 1 aromatic heterocycles. The van der Waals surface area contributed by atoms with Crippen molar-refractivity contribution in [3.63, 3.8) is 0 Å². The summed E-state index contributed by atoms with van der Waals surface area (Å²) in [5.41, 5.74) is 6.57. The first-order valence-corrected chi connectivity index (χ1v) is 7.17. The highest BCUT2D eigenvalue weighted by Gasteiger charge is 2.07. The molecule has 1 amide bonds. The Morgan fingerprint density at radius 1 is 1.44 bits per heavy atom. The molecule has 3 nitrogen and oxygen atoms in total. The van der Waals surface area contributed by atoms with Gasteiger partial charge in [-0.2, -0.15) is 0 Å². The number of rotatable bonds is 3. The number of amides is 1. The van der Waals surface area contributed by atoms with Crippen LogP contribution in [0.25, 0.3) is 0 Å². The standard InChI is InChI=1S/C12H10BrClN2OS/c13-8-4-9(18-6-8)5-16-12(17)7-1-2-10(14)11(15)3-7/h1-4,6H,5,15H2,(H,16,17). The third-order valence-corrected chi connectivity index (χ3v) is 4.34. The van der Waals surface area contributed by atoms with E-state index in [-0.39, 0.29) is 5.91 Å². The molecular weight excluding hydrogens is 336 g/mol. The zero-order chi connectivity index (χ0) is 13.1. The third kappa shape index (κ3) is 3.25. The molecule has 0 spiro atoms. The number of hydrogen-bond acceptors (Lipinski definition) is 3. The van der Waals surface area contributed by atoms with Gasteiger partial charge in [0.05, 0.1) is 17.3 Å². The molecular formula is C12H10BrClN2OS. The van der Waals surface area contributed by atoms with Gasteiger partial charge in [0, 0.05) is 20.3 Å². The molecule has 1 aromatic carbocycles. The highest BCUT2D eigenvalue weighted by Crippen LogP contribution is 2.21. The lowest BCUT2D eigenvalue weighted by atomic mass is 10.2. The van der Waals surface area contributed by atoms with Gasteiger partial charge in [-0.25, -0.2) is 0 Å². The summed E-state index contributed by atoms with van der Waals surface area (Å²) in [7, 11) is 0.